The molecule has 4 heterocycles. The molecule has 0 aliphatic carbocycles. The summed E-state index contributed by atoms with van der Waals surface area (Å²) in [6.45, 7) is 0.446. The van der Waals surface area contributed by atoms with Crippen molar-refractivity contribution in [3.05, 3.63) is 54.5 Å². The zero-order valence-corrected chi connectivity index (χ0v) is 15.8. The summed E-state index contributed by atoms with van der Waals surface area (Å²) in [7, 11) is 0. The van der Waals surface area contributed by atoms with Crippen LogP contribution in [0.25, 0.3) is 27.6 Å². The van der Waals surface area contributed by atoms with E-state index < -0.39 is 0 Å². The lowest BCUT2D eigenvalue weighted by Gasteiger charge is -2.05. The number of fused-ring (bicyclic) bond motifs is 2. The fourth-order valence-electron chi connectivity index (χ4n) is 2.62. The first kappa shape index (κ1) is 16.3. The number of benzene rings is 1. The van der Waals surface area contributed by atoms with E-state index in [1.165, 1.54) is 11.3 Å². The van der Waals surface area contributed by atoms with Crippen molar-refractivity contribution < 1.29 is 9.15 Å². The number of pyridine rings is 1. The summed E-state index contributed by atoms with van der Waals surface area (Å²) in [5, 5.41) is 4.44. The van der Waals surface area contributed by atoms with Crippen LogP contribution in [0.5, 0.6) is 5.75 Å². The second-order valence-corrected chi connectivity index (χ2v) is 7.73. The molecule has 0 aliphatic heterocycles. The Bertz CT molecular complexity index is 1200. The van der Waals surface area contributed by atoms with Crippen LogP contribution in [-0.4, -0.2) is 30.8 Å². The molecule has 4 aromatic heterocycles. The highest BCUT2D eigenvalue weighted by molar-refractivity contribution is 8.00. The third-order valence-corrected chi connectivity index (χ3v) is 5.80. The van der Waals surface area contributed by atoms with E-state index in [2.05, 4.69) is 20.1 Å². The molecule has 0 spiro atoms. The second-order valence-electron chi connectivity index (χ2n) is 5.72. The number of thioether (sulfide) groups is 1. The molecule has 0 fully saturated rings. The molecule has 1 aromatic carbocycles. The van der Waals surface area contributed by atoms with Gasteiger partial charge in [-0.05, 0) is 24.5 Å². The van der Waals surface area contributed by atoms with Gasteiger partial charge in [0.2, 0.25) is 10.9 Å². The quantitative estimate of drug-likeness (QED) is 0.411. The molecule has 0 saturated carbocycles. The number of nitrogens with zero attached hydrogens (tertiary/aromatic N) is 5. The first-order valence-corrected chi connectivity index (χ1v) is 10.2. The highest BCUT2D eigenvalue weighted by atomic mass is 32.2. The van der Waals surface area contributed by atoms with Crippen molar-refractivity contribution in [2.24, 2.45) is 0 Å². The van der Waals surface area contributed by atoms with Gasteiger partial charge in [0.1, 0.15) is 23.6 Å². The summed E-state index contributed by atoms with van der Waals surface area (Å²) in [6.07, 6.45) is 7.35. The summed E-state index contributed by atoms with van der Waals surface area (Å²) in [6, 6.07) is 9.45. The fraction of sp³-hybridized carbons (Fsp3) is 0.111. The van der Waals surface area contributed by atoms with Gasteiger partial charge in [-0.15, -0.1) is 5.10 Å². The van der Waals surface area contributed by atoms with Gasteiger partial charge in [-0.25, -0.2) is 14.5 Å². The van der Waals surface area contributed by atoms with E-state index in [4.69, 9.17) is 9.15 Å². The summed E-state index contributed by atoms with van der Waals surface area (Å²) >= 11 is 3.13. The van der Waals surface area contributed by atoms with Gasteiger partial charge in [-0.3, -0.25) is 4.98 Å². The van der Waals surface area contributed by atoms with Crippen LogP contribution in [0.3, 0.4) is 0 Å². The second kappa shape index (κ2) is 6.67. The van der Waals surface area contributed by atoms with Gasteiger partial charge in [-0.2, -0.15) is 0 Å². The van der Waals surface area contributed by atoms with E-state index in [1.807, 2.05) is 42.8 Å². The van der Waals surface area contributed by atoms with E-state index in [-0.39, 0.29) is 0 Å². The smallest absolute Gasteiger partial charge is 0.247 e. The zero-order chi connectivity index (χ0) is 18.2. The van der Waals surface area contributed by atoms with Crippen molar-refractivity contribution in [3.8, 4) is 17.3 Å². The molecule has 5 rings (SSSR count). The number of hydrogen-bond donors (Lipinski definition) is 0. The van der Waals surface area contributed by atoms with Gasteiger partial charge in [0, 0.05) is 24.0 Å². The lowest BCUT2D eigenvalue weighted by molar-refractivity contribution is 0.306. The Labute approximate surface area is 162 Å². The van der Waals surface area contributed by atoms with E-state index >= 15 is 0 Å². The molecular weight excluding hydrogens is 382 g/mol. The number of ether oxygens (including phenoxy) is 1. The van der Waals surface area contributed by atoms with Crippen molar-refractivity contribution in [2.75, 3.05) is 6.26 Å². The van der Waals surface area contributed by atoms with Crippen LogP contribution in [-0.2, 0) is 6.61 Å². The fourth-order valence-corrected chi connectivity index (χ4v) is 3.96. The summed E-state index contributed by atoms with van der Waals surface area (Å²) in [4.78, 5) is 14.0. The highest BCUT2D eigenvalue weighted by Crippen LogP contribution is 2.29. The van der Waals surface area contributed by atoms with E-state index in [0.717, 1.165) is 20.4 Å². The third-order valence-electron chi connectivity index (χ3n) is 3.91. The molecule has 27 heavy (non-hydrogen) atoms. The summed E-state index contributed by atoms with van der Waals surface area (Å²) in [5.74, 6) is 1.18. The van der Waals surface area contributed by atoms with Crippen LogP contribution < -0.4 is 4.74 Å². The van der Waals surface area contributed by atoms with Crippen LogP contribution in [0.15, 0.2) is 57.7 Å². The molecular formula is C18H13N5O2S2. The highest BCUT2D eigenvalue weighted by Gasteiger charge is 2.15. The van der Waals surface area contributed by atoms with Crippen molar-refractivity contribution in [1.29, 1.82) is 0 Å². The lowest BCUT2D eigenvalue weighted by Crippen LogP contribution is -1.95. The molecule has 0 unspecified atom stereocenters. The Kier molecular flexibility index (Phi) is 4.02. The molecule has 0 bridgehead atoms. The molecule has 0 N–H and O–H groups in total. The van der Waals surface area contributed by atoms with E-state index in [0.29, 0.717) is 29.5 Å². The predicted octanol–water partition coefficient (Wildman–Crippen LogP) is 4.29. The minimum atomic E-state index is 0.446. The predicted molar refractivity (Wildman–Crippen MR) is 104 cm³/mol. The molecule has 0 atom stereocenters. The Morgan fingerprint density at radius 3 is 3.04 bits per heavy atom. The van der Waals surface area contributed by atoms with Crippen molar-refractivity contribution in [2.45, 2.75) is 10.9 Å². The maximum Gasteiger partial charge on any atom is 0.247 e. The first-order valence-electron chi connectivity index (χ1n) is 8.11. The first-order chi connectivity index (χ1) is 13.3. The third kappa shape index (κ3) is 3.15. The van der Waals surface area contributed by atoms with Gasteiger partial charge in [-0.1, -0.05) is 29.2 Å². The maximum absolute atomic E-state index is 5.89. The number of rotatable bonds is 5. The largest absolute Gasteiger partial charge is 0.489 e. The van der Waals surface area contributed by atoms with Gasteiger partial charge >= 0.3 is 0 Å². The average Bonchev–Trinajstić information content (AvgIpc) is 3.38. The normalized spacial score (nSPS) is 11.4. The number of hydrogen-bond acceptors (Lipinski definition) is 8. The summed E-state index contributed by atoms with van der Waals surface area (Å²) < 4.78 is 14.4. The van der Waals surface area contributed by atoms with Crippen LogP contribution in [0.1, 0.15) is 5.56 Å². The number of imidazole rings is 1. The topological polar surface area (TPSA) is 78.3 Å². The van der Waals surface area contributed by atoms with Gasteiger partial charge < -0.3 is 9.15 Å². The van der Waals surface area contributed by atoms with Gasteiger partial charge in [0.15, 0.2) is 9.92 Å². The minimum absolute atomic E-state index is 0.446. The SMILES string of the molecule is CSc1nn2cc(-c3nc4ccc(OCc5cccnc5)cc4o3)nc2s1. The minimum Gasteiger partial charge on any atom is -0.489 e. The standard InChI is InChI=1S/C18H13N5O2S2/c1-26-18-22-23-9-14(21-17(23)27-18)16-20-13-5-4-12(7-15(13)25-16)24-10-11-3-2-6-19-8-11/h2-9H,10H2,1H3. The van der Waals surface area contributed by atoms with Crippen molar-refractivity contribution in [3.63, 3.8) is 0 Å². The van der Waals surface area contributed by atoms with Crippen LogP contribution in [0.2, 0.25) is 0 Å². The molecule has 0 saturated heterocycles. The molecule has 9 heteroatoms. The molecule has 5 aromatic rings. The van der Waals surface area contributed by atoms with Crippen molar-refractivity contribution in [1.82, 2.24) is 24.6 Å². The van der Waals surface area contributed by atoms with Gasteiger partial charge in [0.05, 0.1) is 6.20 Å². The Balaban J connectivity index is 1.41. The van der Waals surface area contributed by atoms with E-state index in [9.17, 15) is 0 Å². The summed E-state index contributed by atoms with van der Waals surface area (Å²) in [5.41, 5.74) is 3.08. The van der Waals surface area contributed by atoms with Crippen LogP contribution >= 0.6 is 23.1 Å². The molecule has 0 radical (unpaired) electrons. The van der Waals surface area contributed by atoms with Crippen LogP contribution in [0.4, 0.5) is 0 Å². The molecule has 134 valence electrons. The van der Waals surface area contributed by atoms with Crippen molar-refractivity contribution >= 4 is 39.2 Å². The van der Waals surface area contributed by atoms with E-state index in [1.54, 1.807) is 28.7 Å². The average molecular weight is 395 g/mol. The Morgan fingerprint density at radius 1 is 1.26 bits per heavy atom. The molecule has 0 amide bonds. The maximum atomic E-state index is 5.89. The number of aromatic nitrogens is 5. The monoisotopic (exact) mass is 395 g/mol. The Morgan fingerprint density at radius 2 is 2.22 bits per heavy atom. The lowest BCUT2D eigenvalue weighted by atomic mass is 10.3. The number of oxazole rings is 1. The zero-order valence-electron chi connectivity index (χ0n) is 14.2. The molecule has 7 nitrogen and oxygen atoms in total. The molecule has 0 aliphatic rings. The Hall–Kier alpha value is -2.91. The van der Waals surface area contributed by atoms with Gasteiger partial charge in [0.25, 0.3) is 0 Å². The van der Waals surface area contributed by atoms with Crippen LogP contribution in [0, 0.1) is 0 Å².